The first kappa shape index (κ1) is 23.8. The van der Waals surface area contributed by atoms with Crippen molar-refractivity contribution in [1.82, 2.24) is 30.3 Å². The largest absolute Gasteiger partial charge is 0.351 e. The lowest BCUT2D eigenvalue weighted by Crippen LogP contribution is -2.27. The van der Waals surface area contributed by atoms with Crippen molar-refractivity contribution in [3.63, 3.8) is 0 Å². The van der Waals surface area contributed by atoms with Crippen LogP contribution in [0.2, 0.25) is 0 Å². The second-order valence-electron chi connectivity index (χ2n) is 6.73. The van der Waals surface area contributed by atoms with Gasteiger partial charge in [0.1, 0.15) is 16.6 Å². The Morgan fingerprint density at radius 2 is 1.97 bits per heavy atom. The van der Waals surface area contributed by atoms with Crippen molar-refractivity contribution in [3.8, 4) is 0 Å². The summed E-state index contributed by atoms with van der Waals surface area (Å²) in [6.45, 7) is 6.60. The molecule has 1 aromatic carbocycles. The molecule has 0 radical (unpaired) electrons. The summed E-state index contributed by atoms with van der Waals surface area (Å²) in [5, 5.41) is 23.4. The fraction of sp³-hybridized carbons (Fsp3) is 0.400. The lowest BCUT2D eigenvalue weighted by molar-refractivity contribution is -0.115. The predicted molar refractivity (Wildman–Crippen MR) is 121 cm³/mol. The molecule has 9 nitrogen and oxygen atoms in total. The first-order valence-corrected chi connectivity index (χ1v) is 11.9. The third kappa shape index (κ3) is 5.88. The summed E-state index contributed by atoms with van der Waals surface area (Å²) < 4.78 is 15.6. The van der Waals surface area contributed by atoms with Gasteiger partial charge in [0.2, 0.25) is 11.0 Å². The van der Waals surface area contributed by atoms with Crippen LogP contribution in [0.4, 0.5) is 9.52 Å². The molecule has 2 aromatic heterocycles. The second-order valence-corrected chi connectivity index (χ2v) is 9.10. The van der Waals surface area contributed by atoms with E-state index in [-0.39, 0.29) is 18.0 Å². The van der Waals surface area contributed by atoms with Gasteiger partial charge in [-0.05, 0) is 32.4 Å². The van der Waals surface area contributed by atoms with Gasteiger partial charge in [-0.25, -0.2) is 4.39 Å². The number of nitrogens with zero attached hydrogens (tertiary/aromatic N) is 5. The highest BCUT2D eigenvalue weighted by Gasteiger charge is 2.21. The Balaban J connectivity index is 1.56. The summed E-state index contributed by atoms with van der Waals surface area (Å²) in [5.41, 5.74) is 0.00188. The molecule has 1 atom stereocenters. The number of hydrogen-bond acceptors (Lipinski definition) is 8. The lowest BCUT2D eigenvalue weighted by Gasteiger charge is -2.12. The molecule has 2 heterocycles. The highest BCUT2D eigenvalue weighted by molar-refractivity contribution is 8.00. The molecular formula is C20H24FN7O2S2. The molecule has 0 aliphatic carbocycles. The average molecular weight is 478 g/mol. The van der Waals surface area contributed by atoms with Gasteiger partial charge in [0.15, 0.2) is 5.16 Å². The average Bonchev–Trinajstić information content (AvgIpc) is 3.40. The van der Waals surface area contributed by atoms with Crippen LogP contribution in [-0.2, 0) is 24.2 Å². The molecule has 12 heteroatoms. The maximum Gasteiger partial charge on any atom is 0.254 e. The molecule has 0 unspecified atom stereocenters. The summed E-state index contributed by atoms with van der Waals surface area (Å²) in [7, 11) is 0. The number of carbonyl (C=O) groups is 2. The quantitative estimate of drug-likeness (QED) is 0.432. The predicted octanol–water partition coefficient (Wildman–Crippen LogP) is 2.94. The van der Waals surface area contributed by atoms with E-state index in [9.17, 15) is 14.0 Å². The summed E-state index contributed by atoms with van der Waals surface area (Å²) in [5.74, 6) is -0.563. The van der Waals surface area contributed by atoms with Crippen molar-refractivity contribution in [2.45, 2.75) is 50.6 Å². The number of carbonyl (C=O) groups excluding carboxylic acids is 2. The molecule has 3 aromatic rings. The number of hydrogen-bond donors (Lipinski definition) is 2. The second kappa shape index (κ2) is 11.1. The Bertz CT molecular complexity index is 1090. The zero-order valence-electron chi connectivity index (χ0n) is 18.0. The first-order valence-electron chi connectivity index (χ1n) is 10.2. The minimum atomic E-state index is -0.563. The number of nitrogens with one attached hydrogen (secondary N) is 2. The molecule has 170 valence electrons. The zero-order valence-corrected chi connectivity index (χ0v) is 19.6. The number of amides is 2. The third-order valence-corrected chi connectivity index (χ3v) is 6.58. The van der Waals surface area contributed by atoms with Gasteiger partial charge in [-0.1, -0.05) is 42.2 Å². The Kier molecular flexibility index (Phi) is 8.28. The molecule has 32 heavy (non-hydrogen) atoms. The van der Waals surface area contributed by atoms with E-state index < -0.39 is 17.0 Å². The summed E-state index contributed by atoms with van der Waals surface area (Å²) in [6.07, 6.45) is 1.19. The number of aryl methyl sites for hydroxylation is 1. The van der Waals surface area contributed by atoms with Crippen LogP contribution in [0.25, 0.3) is 0 Å². The number of benzene rings is 1. The van der Waals surface area contributed by atoms with E-state index in [1.165, 1.54) is 41.3 Å². The Labute approximate surface area is 193 Å². The van der Waals surface area contributed by atoms with E-state index in [0.717, 1.165) is 11.4 Å². The molecule has 0 spiro atoms. The van der Waals surface area contributed by atoms with E-state index in [2.05, 4.69) is 31.0 Å². The Morgan fingerprint density at radius 1 is 1.19 bits per heavy atom. The van der Waals surface area contributed by atoms with Crippen molar-refractivity contribution in [2.24, 2.45) is 0 Å². The molecule has 0 saturated heterocycles. The van der Waals surface area contributed by atoms with Crippen molar-refractivity contribution in [3.05, 3.63) is 46.5 Å². The first-order chi connectivity index (χ1) is 15.4. The highest BCUT2D eigenvalue weighted by atomic mass is 32.2. The topological polar surface area (TPSA) is 115 Å². The Hall–Kier alpha value is -2.86. The molecule has 3 rings (SSSR count). The van der Waals surface area contributed by atoms with E-state index in [1.54, 1.807) is 13.0 Å². The van der Waals surface area contributed by atoms with Crippen molar-refractivity contribution >= 4 is 40.0 Å². The molecule has 0 bridgehead atoms. The minimum absolute atomic E-state index is 0.00188. The number of thioether (sulfide) groups is 1. The molecule has 0 aliphatic rings. The van der Waals surface area contributed by atoms with Gasteiger partial charge >= 0.3 is 0 Å². The summed E-state index contributed by atoms with van der Waals surface area (Å²) in [4.78, 5) is 24.7. The van der Waals surface area contributed by atoms with Gasteiger partial charge in [-0.3, -0.25) is 14.9 Å². The fourth-order valence-corrected chi connectivity index (χ4v) is 4.42. The van der Waals surface area contributed by atoms with Crippen LogP contribution in [0.5, 0.6) is 0 Å². The lowest BCUT2D eigenvalue weighted by atomic mass is 10.2. The van der Waals surface area contributed by atoms with Crippen LogP contribution in [0, 0.1) is 5.82 Å². The van der Waals surface area contributed by atoms with Crippen molar-refractivity contribution in [2.75, 3.05) is 11.9 Å². The monoisotopic (exact) mass is 477 g/mol. The minimum Gasteiger partial charge on any atom is -0.351 e. The van der Waals surface area contributed by atoms with Crippen LogP contribution < -0.4 is 10.6 Å². The van der Waals surface area contributed by atoms with E-state index >= 15 is 0 Å². The van der Waals surface area contributed by atoms with Crippen LogP contribution in [0.15, 0.2) is 29.4 Å². The SMILES string of the molecule is CCc1nnc(NC(=O)[C@H](C)Sc2nnc(CCNC(=O)c3ccccc3F)n2CC)s1. The van der Waals surface area contributed by atoms with Crippen LogP contribution in [0.3, 0.4) is 0 Å². The van der Waals surface area contributed by atoms with Crippen LogP contribution >= 0.6 is 23.1 Å². The van der Waals surface area contributed by atoms with Gasteiger partial charge in [0.25, 0.3) is 5.91 Å². The maximum atomic E-state index is 13.7. The molecular weight excluding hydrogens is 453 g/mol. The van der Waals surface area contributed by atoms with Gasteiger partial charge in [-0.2, -0.15) is 0 Å². The number of rotatable bonds is 10. The summed E-state index contributed by atoms with van der Waals surface area (Å²) in [6, 6.07) is 5.83. The molecule has 0 saturated carbocycles. The Morgan fingerprint density at radius 3 is 2.66 bits per heavy atom. The normalized spacial score (nSPS) is 11.9. The molecule has 0 aliphatic heterocycles. The van der Waals surface area contributed by atoms with E-state index in [1.807, 2.05) is 18.4 Å². The zero-order chi connectivity index (χ0) is 23.1. The van der Waals surface area contributed by atoms with Gasteiger partial charge in [0.05, 0.1) is 10.8 Å². The van der Waals surface area contributed by atoms with Gasteiger partial charge in [-0.15, -0.1) is 20.4 Å². The van der Waals surface area contributed by atoms with Crippen molar-refractivity contribution < 1.29 is 14.0 Å². The van der Waals surface area contributed by atoms with Gasteiger partial charge < -0.3 is 9.88 Å². The van der Waals surface area contributed by atoms with Gasteiger partial charge in [0, 0.05) is 19.5 Å². The highest BCUT2D eigenvalue weighted by Crippen LogP contribution is 2.24. The third-order valence-electron chi connectivity index (χ3n) is 4.51. The van der Waals surface area contributed by atoms with Crippen molar-refractivity contribution in [1.29, 1.82) is 0 Å². The smallest absolute Gasteiger partial charge is 0.254 e. The summed E-state index contributed by atoms with van der Waals surface area (Å²) >= 11 is 2.64. The number of aromatic nitrogens is 5. The maximum absolute atomic E-state index is 13.7. The number of anilines is 1. The molecule has 0 fully saturated rings. The molecule has 2 amide bonds. The fourth-order valence-electron chi connectivity index (χ4n) is 2.80. The standard InChI is InChI=1S/C20H24FN7O2S2/c1-4-16-25-26-19(32-16)23-17(29)12(3)31-20-27-24-15(28(20)5-2)10-11-22-18(30)13-8-6-7-9-14(13)21/h6-9,12H,4-5,10-11H2,1-3H3,(H,22,30)(H,23,26,29)/t12-/m0/s1. The van der Waals surface area contributed by atoms with E-state index in [4.69, 9.17) is 0 Å². The number of halogens is 1. The van der Waals surface area contributed by atoms with Crippen LogP contribution in [-0.4, -0.2) is 48.6 Å². The van der Waals surface area contributed by atoms with E-state index in [0.29, 0.717) is 29.1 Å². The molecule has 2 N–H and O–H groups in total. The van der Waals surface area contributed by atoms with Crippen LogP contribution in [0.1, 0.15) is 42.0 Å².